The second kappa shape index (κ2) is 7.78. The topological polar surface area (TPSA) is 101 Å². The first kappa shape index (κ1) is 18.9. The maximum absolute atomic E-state index is 14.3. The molecule has 0 saturated carbocycles. The fourth-order valence-electron chi connectivity index (χ4n) is 2.55. The van der Waals surface area contributed by atoms with Crippen LogP contribution < -0.4 is 15.8 Å². The predicted octanol–water partition coefficient (Wildman–Crippen LogP) is 3.35. The summed E-state index contributed by atoms with van der Waals surface area (Å²) in [5.41, 5.74) is 5.91. The van der Waals surface area contributed by atoms with Gasteiger partial charge in [0.05, 0.1) is 24.1 Å². The number of hydrogen-bond donors (Lipinski definition) is 2. The van der Waals surface area contributed by atoms with Gasteiger partial charge in [0.15, 0.2) is 0 Å². The first-order valence-corrected chi connectivity index (χ1v) is 7.91. The lowest BCUT2D eigenvalue weighted by atomic mass is 10.1. The normalized spacial score (nSPS) is 10.4. The minimum Gasteiger partial charge on any atom is -0.496 e. The number of amides is 1. The molecular weight excluding hydrogens is 370 g/mol. The van der Waals surface area contributed by atoms with Crippen molar-refractivity contribution < 1.29 is 22.7 Å². The van der Waals surface area contributed by atoms with Gasteiger partial charge in [0.2, 0.25) is 0 Å². The van der Waals surface area contributed by atoms with Crippen molar-refractivity contribution in [2.24, 2.45) is 5.73 Å². The number of hydrogen-bond acceptors (Lipinski definition) is 5. The van der Waals surface area contributed by atoms with Crippen molar-refractivity contribution >= 4 is 24.2 Å². The van der Waals surface area contributed by atoms with Crippen molar-refractivity contribution in [2.75, 3.05) is 12.4 Å². The molecule has 2 aromatic carbocycles. The smallest absolute Gasteiger partial charge is 0.361 e. The van der Waals surface area contributed by atoms with Crippen LogP contribution in [0.15, 0.2) is 42.7 Å². The molecule has 0 aliphatic rings. The summed E-state index contributed by atoms with van der Waals surface area (Å²) < 4.78 is 37.9. The van der Waals surface area contributed by atoms with Crippen LogP contribution in [0.1, 0.15) is 10.4 Å². The van der Waals surface area contributed by atoms with Gasteiger partial charge in [-0.2, -0.15) is 0 Å². The average Bonchev–Trinajstić information content (AvgIpc) is 2.69. The highest BCUT2D eigenvalue weighted by molar-refractivity contribution is 5.97. The van der Waals surface area contributed by atoms with E-state index in [-0.39, 0.29) is 22.8 Å². The molecule has 3 aromatic rings. The summed E-state index contributed by atoms with van der Waals surface area (Å²) in [6.07, 6.45) is 1.21. The summed E-state index contributed by atoms with van der Waals surface area (Å²) in [7, 11) is 1.30. The molecule has 3 N–H and O–H groups in total. The summed E-state index contributed by atoms with van der Waals surface area (Å²) in [5.74, 6) is -1.44. The van der Waals surface area contributed by atoms with E-state index >= 15 is 0 Å². The van der Waals surface area contributed by atoms with Gasteiger partial charge in [-0.05, 0) is 18.2 Å². The van der Waals surface area contributed by atoms with E-state index in [9.17, 15) is 13.6 Å². The van der Waals surface area contributed by atoms with Gasteiger partial charge < -0.3 is 15.8 Å². The molecule has 3 rings (SSSR count). The van der Waals surface area contributed by atoms with Crippen molar-refractivity contribution in [3.63, 3.8) is 0 Å². The monoisotopic (exact) mass is 385 g/mol. The summed E-state index contributed by atoms with van der Waals surface area (Å²) in [6.45, 7) is 3.33. The summed E-state index contributed by atoms with van der Waals surface area (Å²) in [6, 6.07) is 7.57. The molecule has 0 spiro atoms. The van der Waals surface area contributed by atoms with Gasteiger partial charge in [-0.1, -0.05) is 0 Å². The molecule has 0 aliphatic carbocycles. The van der Waals surface area contributed by atoms with E-state index in [4.69, 9.17) is 14.9 Å². The van der Waals surface area contributed by atoms with Crippen LogP contribution in [0.25, 0.3) is 11.3 Å². The Labute approximate surface area is 158 Å². The third-order valence-electron chi connectivity index (χ3n) is 3.86. The maximum atomic E-state index is 14.3. The number of benzene rings is 2. The standard InChI is InChI=1S/C19H14F2N4O3/c1-27-16-4-3-10(20)5-11(16)14-8-18(24-9-23-14)25-15-6-12(19(22)26)17(28-2)7-13(15)21/h3-9H,1H2,2H3,(H2-,22,23,24,25,26)/p+1. The number of halogens is 2. The molecule has 1 amide bonds. The number of carbonyl (C=O) groups excluding carboxylic acids is 2. The van der Waals surface area contributed by atoms with Crippen molar-refractivity contribution in [3.8, 4) is 22.8 Å². The SMILES string of the molecule is C=[O+]c1ccc(F)cc1-c1cc(Nc2cc(C(N)=O)c(OC)cc2F)ncn1. The highest BCUT2D eigenvalue weighted by Gasteiger charge is 2.18. The van der Waals surface area contributed by atoms with Crippen LogP contribution in [0.2, 0.25) is 0 Å². The molecule has 0 saturated heterocycles. The third kappa shape index (κ3) is 3.78. The lowest BCUT2D eigenvalue weighted by Crippen LogP contribution is -2.13. The number of anilines is 2. The first-order chi connectivity index (χ1) is 13.4. The molecule has 0 radical (unpaired) electrons. The number of carbonyl (C=O) groups is 1. The molecule has 1 heterocycles. The van der Waals surface area contributed by atoms with Gasteiger partial charge in [0, 0.05) is 18.2 Å². The molecule has 9 heteroatoms. The Morgan fingerprint density at radius 3 is 2.68 bits per heavy atom. The van der Waals surface area contributed by atoms with Crippen LogP contribution in [0, 0.1) is 11.6 Å². The van der Waals surface area contributed by atoms with Crippen LogP contribution in [0.5, 0.6) is 11.5 Å². The fourth-order valence-corrected chi connectivity index (χ4v) is 2.55. The zero-order valence-corrected chi connectivity index (χ0v) is 14.7. The quantitative estimate of drug-likeness (QED) is 0.634. The van der Waals surface area contributed by atoms with Gasteiger partial charge in [-0.25, -0.2) is 23.2 Å². The molecule has 0 fully saturated rings. The van der Waals surface area contributed by atoms with E-state index in [1.54, 1.807) is 0 Å². The second-order valence-electron chi connectivity index (χ2n) is 5.59. The van der Waals surface area contributed by atoms with Gasteiger partial charge in [0.1, 0.15) is 35.1 Å². The van der Waals surface area contributed by atoms with Crippen LogP contribution in [0.3, 0.4) is 0 Å². The van der Waals surface area contributed by atoms with Crippen molar-refractivity contribution in [1.29, 1.82) is 0 Å². The fraction of sp³-hybridized carbons (Fsp3) is 0.0526. The average molecular weight is 385 g/mol. The molecule has 0 unspecified atom stereocenters. The Hall–Kier alpha value is -3.88. The van der Waals surface area contributed by atoms with Gasteiger partial charge in [-0.15, -0.1) is 0 Å². The number of ether oxygens (including phenoxy) is 1. The Balaban J connectivity index is 2.01. The molecule has 0 bridgehead atoms. The maximum Gasteiger partial charge on any atom is 0.361 e. The molecule has 0 aliphatic heterocycles. The van der Waals surface area contributed by atoms with Gasteiger partial charge in [0.25, 0.3) is 12.7 Å². The van der Waals surface area contributed by atoms with Crippen LogP contribution >= 0.6 is 0 Å². The first-order valence-electron chi connectivity index (χ1n) is 7.91. The zero-order valence-electron chi connectivity index (χ0n) is 14.7. The number of primary amides is 1. The van der Waals surface area contributed by atoms with E-state index in [1.165, 1.54) is 43.8 Å². The van der Waals surface area contributed by atoms with Crippen LogP contribution in [0.4, 0.5) is 20.3 Å². The third-order valence-corrected chi connectivity index (χ3v) is 3.86. The number of nitrogens with one attached hydrogen (secondary N) is 1. The van der Waals surface area contributed by atoms with E-state index in [1.807, 2.05) is 0 Å². The van der Waals surface area contributed by atoms with Crippen LogP contribution in [-0.2, 0) is 4.42 Å². The highest BCUT2D eigenvalue weighted by atomic mass is 19.1. The lowest BCUT2D eigenvalue weighted by molar-refractivity contribution is -0.353. The minimum atomic E-state index is -0.778. The predicted molar refractivity (Wildman–Crippen MR) is 98.7 cm³/mol. The Kier molecular flexibility index (Phi) is 5.25. The Morgan fingerprint density at radius 2 is 2.00 bits per heavy atom. The van der Waals surface area contributed by atoms with Crippen LogP contribution in [-0.4, -0.2) is 29.8 Å². The Bertz CT molecular complexity index is 1070. The number of nitrogens with two attached hydrogens (primary N) is 1. The minimum absolute atomic E-state index is 0.00134. The number of rotatable bonds is 6. The number of nitrogens with zero attached hydrogens (tertiary/aromatic N) is 2. The highest BCUT2D eigenvalue weighted by Crippen LogP contribution is 2.32. The lowest BCUT2D eigenvalue weighted by Gasteiger charge is -2.12. The van der Waals surface area contributed by atoms with Gasteiger partial charge in [-0.3, -0.25) is 4.79 Å². The van der Waals surface area contributed by atoms with Gasteiger partial charge >= 0.3 is 5.75 Å². The molecule has 1 aromatic heterocycles. The molecule has 142 valence electrons. The van der Waals surface area contributed by atoms with Crippen molar-refractivity contribution in [3.05, 3.63) is 59.9 Å². The summed E-state index contributed by atoms with van der Waals surface area (Å²) >= 11 is 0. The molecular formula is C19H15F2N4O3+. The summed E-state index contributed by atoms with van der Waals surface area (Å²) in [5, 5.41) is 2.74. The van der Waals surface area contributed by atoms with Crippen molar-refractivity contribution in [1.82, 2.24) is 9.97 Å². The number of aromatic nitrogens is 2. The zero-order chi connectivity index (χ0) is 20.3. The summed E-state index contributed by atoms with van der Waals surface area (Å²) in [4.78, 5) is 19.6. The van der Waals surface area contributed by atoms with Crippen molar-refractivity contribution in [2.45, 2.75) is 0 Å². The largest absolute Gasteiger partial charge is 0.496 e. The second-order valence-corrected chi connectivity index (χ2v) is 5.59. The molecule has 7 nitrogen and oxygen atoms in total. The Morgan fingerprint density at radius 1 is 1.21 bits per heavy atom. The number of methoxy groups -OCH3 is 1. The molecule has 28 heavy (non-hydrogen) atoms. The molecule has 0 atom stereocenters. The van der Waals surface area contributed by atoms with E-state index < -0.39 is 17.5 Å². The van der Waals surface area contributed by atoms with E-state index in [0.29, 0.717) is 17.0 Å². The van der Waals surface area contributed by atoms with E-state index in [2.05, 4.69) is 22.1 Å². The van der Waals surface area contributed by atoms with E-state index in [0.717, 1.165) is 6.07 Å².